The van der Waals surface area contributed by atoms with Crippen molar-refractivity contribution >= 4 is 35.1 Å². The number of hydrogen-bond acceptors (Lipinski definition) is 2. The van der Waals surface area contributed by atoms with E-state index in [4.69, 9.17) is 11.6 Å². The van der Waals surface area contributed by atoms with Crippen molar-refractivity contribution in [3.05, 3.63) is 64.7 Å². The number of rotatable bonds is 2. The third-order valence-corrected chi connectivity index (χ3v) is 5.82. The van der Waals surface area contributed by atoms with Crippen LogP contribution in [0.5, 0.6) is 0 Å². The fraction of sp³-hybridized carbons (Fsp3) is 0.350. The number of carbonyl (C=O) groups is 1. The van der Waals surface area contributed by atoms with Gasteiger partial charge in [-0.3, -0.25) is 0 Å². The fourth-order valence-corrected chi connectivity index (χ4v) is 4.21. The van der Waals surface area contributed by atoms with Gasteiger partial charge in [-0.1, -0.05) is 56.6 Å². The summed E-state index contributed by atoms with van der Waals surface area (Å²) in [4.78, 5) is 14.6. The monoisotopic (exact) mass is 374 g/mol. The third kappa shape index (κ3) is 4.31. The zero-order valence-electron chi connectivity index (χ0n) is 14.8. The van der Waals surface area contributed by atoms with E-state index in [-0.39, 0.29) is 16.8 Å². The van der Waals surface area contributed by atoms with Crippen molar-refractivity contribution < 1.29 is 4.79 Å². The molecule has 2 aromatic carbocycles. The van der Waals surface area contributed by atoms with Gasteiger partial charge in [0.05, 0.1) is 0 Å². The third-order valence-electron chi connectivity index (χ3n) is 4.31. The largest absolute Gasteiger partial charge is 0.323 e. The highest BCUT2D eigenvalue weighted by molar-refractivity contribution is 7.99. The van der Waals surface area contributed by atoms with Crippen molar-refractivity contribution in [1.29, 1.82) is 0 Å². The molecule has 3 nitrogen and oxygen atoms in total. The first-order valence-electron chi connectivity index (χ1n) is 8.40. The molecule has 1 heterocycles. The number of thioether (sulfide) groups is 1. The topological polar surface area (TPSA) is 32.3 Å². The second-order valence-electron chi connectivity index (χ2n) is 7.23. The van der Waals surface area contributed by atoms with Gasteiger partial charge >= 0.3 is 6.03 Å². The first-order valence-corrected chi connectivity index (χ1v) is 9.82. The van der Waals surface area contributed by atoms with Crippen LogP contribution in [0.1, 0.15) is 37.3 Å². The number of nitrogens with one attached hydrogen (secondary N) is 1. The highest BCUT2D eigenvalue weighted by Gasteiger charge is 2.31. The molecule has 3 rings (SSSR count). The van der Waals surface area contributed by atoms with E-state index in [1.807, 2.05) is 17.0 Å². The smallest absolute Gasteiger partial charge is 0.308 e. The highest BCUT2D eigenvalue weighted by atomic mass is 35.5. The number of carbonyl (C=O) groups excluding carboxylic acids is 1. The maximum absolute atomic E-state index is 12.7. The number of amides is 2. The Bertz CT molecular complexity index is 738. The van der Waals surface area contributed by atoms with Crippen LogP contribution >= 0.6 is 23.4 Å². The summed E-state index contributed by atoms with van der Waals surface area (Å²) in [5.74, 6) is 0.944. The molecule has 25 heavy (non-hydrogen) atoms. The van der Waals surface area contributed by atoms with Crippen molar-refractivity contribution in [2.45, 2.75) is 31.6 Å². The number of benzene rings is 2. The van der Waals surface area contributed by atoms with Crippen LogP contribution in [-0.2, 0) is 5.41 Å². The van der Waals surface area contributed by atoms with Gasteiger partial charge in [-0.25, -0.2) is 4.79 Å². The maximum atomic E-state index is 12.7. The van der Waals surface area contributed by atoms with Crippen LogP contribution in [0.4, 0.5) is 10.5 Å². The van der Waals surface area contributed by atoms with Gasteiger partial charge in [0.25, 0.3) is 0 Å². The SMILES string of the molecule is CC(C)(C)c1ccc([C@H]2SCCN2C(=O)Nc2ccc(Cl)cc2)cc1. The second-order valence-corrected chi connectivity index (χ2v) is 8.85. The molecule has 1 fully saturated rings. The summed E-state index contributed by atoms with van der Waals surface area (Å²) in [5, 5.41) is 3.68. The lowest BCUT2D eigenvalue weighted by Crippen LogP contribution is -2.34. The molecule has 1 aliphatic heterocycles. The van der Waals surface area contributed by atoms with Gasteiger partial charge in [0, 0.05) is 23.0 Å². The quantitative estimate of drug-likeness (QED) is 0.707. The van der Waals surface area contributed by atoms with Crippen molar-refractivity contribution in [2.75, 3.05) is 17.6 Å². The molecule has 0 spiro atoms. The normalized spacial score (nSPS) is 17.6. The minimum atomic E-state index is -0.0720. The first kappa shape index (κ1) is 18.2. The Balaban J connectivity index is 1.73. The first-order chi connectivity index (χ1) is 11.8. The molecule has 0 unspecified atom stereocenters. The van der Waals surface area contributed by atoms with Gasteiger partial charge in [0.2, 0.25) is 0 Å². The predicted molar refractivity (Wildman–Crippen MR) is 108 cm³/mol. The van der Waals surface area contributed by atoms with E-state index in [2.05, 4.69) is 50.4 Å². The molecular formula is C20H23ClN2OS. The molecule has 0 bridgehead atoms. The van der Waals surface area contributed by atoms with Crippen LogP contribution < -0.4 is 5.32 Å². The lowest BCUT2D eigenvalue weighted by Gasteiger charge is -2.25. The summed E-state index contributed by atoms with van der Waals surface area (Å²) >= 11 is 7.70. The Kier molecular flexibility index (Phi) is 5.30. The van der Waals surface area contributed by atoms with Crippen molar-refractivity contribution in [2.24, 2.45) is 0 Å². The van der Waals surface area contributed by atoms with Crippen molar-refractivity contribution in [3.8, 4) is 0 Å². The standard InChI is InChI=1S/C20H23ClN2OS/c1-20(2,3)15-6-4-14(5-7-15)18-23(12-13-25-18)19(24)22-17-10-8-16(21)9-11-17/h4-11,18H,12-13H2,1-3H3,(H,22,24)/t18-/m1/s1. The average Bonchev–Trinajstić information content (AvgIpc) is 3.06. The summed E-state index contributed by atoms with van der Waals surface area (Å²) in [6.07, 6.45) is 0. The summed E-state index contributed by atoms with van der Waals surface area (Å²) in [6, 6.07) is 15.7. The summed E-state index contributed by atoms with van der Waals surface area (Å²) in [5.41, 5.74) is 3.36. The predicted octanol–water partition coefficient (Wildman–Crippen LogP) is 5.92. The summed E-state index contributed by atoms with van der Waals surface area (Å²) in [6.45, 7) is 7.37. The molecule has 1 N–H and O–H groups in total. The van der Waals surface area contributed by atoms with E-state index in [0.29, 0.717) is 5.02 Å². The molecule has 0 aliphatic carbocycles. The molecule has 5 heteroatoms. The van der Waals surface area contributed by atoms with Crippen LogP contribution in [0, 0.1) is 0 Å². The van der Waals surface area contributed by atoms with Crippen LogP contribution in [0.15, 0.2) is 48.5 Å². The molecule has 2 amide bonds. The zero-order chi connectivity index (χ0) is 18.0. The van der Waals surface area contributed by atoms with Crippen LogP contribution in [0.3, 0.4) is 0 Å². The minimum Gasteiger partial charge on any atom is -0.308 e. The van der Waals surface area contributed by atoms with Gasteiger partial charge in [0.1, 0.15) is 5.37 Å². The average molecular weight is 375 g/mol. The van der Waals surface area contributed by atoms with E-state index < -0.39 is 0 Å². The Hall–Kier alpha value is -1.65. The zero-order valence-corrected chi connectivity index (χ0v) is 16.3. The van der Waals surface area contributed by atoms with Crippen LogP contribution in [0.2, 0.25) is 5.02 Å². The maximum Gasteiger partial charge on any atom is 0.323 e. The lowest BCUT2D eigenvalue weighted by atomic mass is 9.87. The van der Waals surface area contributed by atoms with Gasteiger partial charge in [0.15, 0.2) is 0 Å². The lowest BCUT2D eigenvalue weighted by molar-refractivity contribution is 0.214. The Morgan fingerprint density at radius 3 is 2.36 bits per heavy atom. The van der Waals surface area contributed by atoms with Crippen molar-refractivity contribution in [1.82, 2.24) is 4.90 Å². The van der Waals surface area contributed by atoms with Gasteiger partial charge in [-0.05, 0) is 40.8 Å². The van der Waals surface area contributed by atoms with Crippen molar-refractivity contribution in [3.63, 3.8) is 0 Å². The molecule has 0 aromatic heterocycles. The van der Waals surface area contributed by atoms with Crippen LogP contribution in [-0.4, -0.2) is 23.2 Å². The number of hydrogen-bond donors (Lipinski definition) is 1. The van der Waals surface area contributed by atoms with Crippen LogP contribution in [0.25, 0.3) is 0 Å². The number of halogens is 1. The Morgan fingerprint density at radius 1 is 1.12 bits per heavy atom. The molecule has 0 saturated carbocycles. The van der Waals surface area contributed by atoms with E-state index in [1.54, 1.807) is 23.9 Å². The fourth-order valence-electron chi connectivity index (χ4n) is 2.83. The van der Waals surface area contributed by atoms with E-state index in [1.165, 1.54) is 11.1 Å². The number of anilines is 1. The summed E-state index contributed by atoms with van der Waals surface area (Å²) in [7, 11) is 0. The molecule has 1 aliphatic rings. The second kappa shape index (κ2) is 7.30. The van der Waals surface area contributed by atoms with Gasteiger partial charge < -0.3 is 10.2 Å². The Labute approximate surface area is 158 Å². The molecular weight excluding hydrogens is 352 g/mol. The number of urea groups is 1. The Morgan fingerprint density at radius 2 is 1.76 bits per heavy atom. The molecule has 0 radical (unpaired) electrons. The van der Waals surface area contributed by atoms with Gasteiger partial charge in [-0.15, -0.1) is 11.8 Å². The van der Waals surface area contributed by atoms with Gasteiger partial charge in [-0.2, -0.15) is 0 Å². The van der Waals surface area contributed by atoms with E-state index >= 15 is 0 Å². The molecule has 132 valence electrons. The highest BCUT2D eigenvalue weighted by Crippen LogP contribution is 2.38. The minimum absolute atomic E-state index is 0.0568. The van der Waals surface area contributed by atoms with E-state index in [9.17, 15) is 4.79 Å². The molecule has 2 aromatic rings. The van der Waals surface area contributed by atoms with E-state index in [0.717, 1.165) is 18.0 Å². The number of nitrogens with zero attached hydrogens (tertiary/aromatic N) is 1. The summed E-state index contributed by atoms with van der Waals surface area (Å²) < 4.78 is 0. The molecule has 1 saturated heterocycles. The molecule has 1 atom stereocenters.